The van der Waals surface area contributed by atoms with Gasteiger partial charge in [-0.2, -0.15) is 0 Å². The van der Waals surface area contributed by atoms with E-state index in [1.54, 1.807) is 6.07 Å². The molecule has 1 fully saturated rings. The topological polar surface area (TPSA) is 50.3 Å². The molecule has 1 aliphatic heterocycles. The number of anilines is 1. The van der Waals surface area contributed by atoms with E-state index in [1.807, 2.05) is 0 Å². The SMILES string of the molecule is Clc1cc(NCCCN2CCOCC2)ncn1. The van der Waals surface area contributed by atoms with E-state index in [1.165, 1.54) is 6.33 Å². The van der Waals surface area contributed by atoms with Crippen molar-refractivity contribution in [2.24, 2.45) is 0 Å². The van der Waals surface area contributed by atoms with Crippen molar-refractivity contribution in [3.63, 3.8) is 0 Å². The number of nitrogens with one attached hydrogen (secondary N) is 1. The van der Waals surface area contributed by atoms with E-state index in [-0.39, 0.29) is 0 Å². The minimum Gasteiger partial charge on any atom is -0.379 e. The fourth-order valence-electron chi connectivity index (χ4n) is 1.77. The van der Waals surface area contributed by atoms with Crippen LogP contribution >= 0.6 is 11.6 Å². The van der Waals surface area contributed by atoms with Crippen molar-refractivity contribution in [2.45, 2.75) is 6.42 Å². The first-order chi connectivity index (χ1) is 8.34. The van der Waals surface area contributed by atoms with Crippen LogP contribution in [0.2, 0.25) is 5.15 Å². The molecule has 1 aromatic rings. The van der Waals surface area contributed by atoms with Crippen LogP contribution in [0.15, 0.2) is 12.4 Å². The summed E-state index contributed by atoms with van der Waals surface area (Å²) < 4.78 is 5.30. The molecule has 1 aliphatic rings. The van der Waals surface area contributed by atoms with Gasteiger partial charge in [-0.15, -0.1) is 0 Å². The normalized spacial score (nSPS) is 17.0. The Hall–Kier alpha value is -0.910. The number of hydrogen-bond acceptors (Lipinski definition) is 5. The Morgan fingerprint density at radius 3 is 2.94 bits per heavy atom. The lowest BCUT2D eigenvalue weighted by Gasteiger charge is -2.26. The smallest absolute Gasteiger partial charge is 0.134 e. The van der Waals surface area contributed by atoms with E-state index in [4.69, 9.17) is 16.3 Å². The summed E-state index contributed by atoms with van der Waals surface area (Å²) >= 11 is 5.77. The van der Waals surface area contributed by atoms with Crippen LogP contribution in [0.1, 0.15) is 6.42 Å². The maximum atomic E-state index is 5.77. The lowest BCUT2D eigenvalue weighted by molar-refractivity contribution is 0.0378. The zero-order valence-corrected chi connectivity index (χ0v) is 10.5. The molecule has 94 valence electrons. The fourth-order valence-corrected chi connectivity index (χ4v) is 1.92. The molecule has 0 bridgehead atoms. The average Bonchev–Trinajstić information content (AvgIpc) is 2.36. The number of nitrogens with zero attached hydrogens (tertiary/aromatic N) is 3. The molecule has 1 aromatic heterocycles. The lowest BCUT2D eigenvalue weighted by atomic mass is 10.3. The Balaban J connectivity index is 1.62. The number of rotatable bonds is 5. The highest BCUT2D eigenvalue weighted by molar-refractivity contribution is 6.29. The summed E-state index contributed by atoms with van der Waals surface area (Å²) in [5.41, 5.74) is 0. The Labute approximate surface area is 106 Å². The van der Waals surface area contributed by atoms with E-state index >= 15 is 0 Å². The molecule has 2 rings (SSSR count). The van der Waals surface area contributed by atoms with Gasteiger partial charge in [-0.3, -0.25) is 4.90 Å². The van der Waals surface area contributed by atoms with E-state index in [9.17, 15) is 0 Å². The molecule has 0 spiro atoms. The molecule has 6 heteroatoms. The van der Waals surface area contributed by atoms with Crippen molar-refractivity contribution in [3.8, 4) is 0 Å². The fraction of sp³-hybridized carbons (Fsp3) is 0.636. The first-order valence-electron chi connectivity index (χ1n) is 5.86. The van der Waals surface area contributed by atoms with Gasteiger partial charge in [0.2, 0.25) is 0 Å². The third-order valence-corrected chi connectivity index (χ3v) is 2.90. The number of halogens is 1. The van der Waals surface area contributed by atoms with Crippen LogP contribution in [-0.2, 0) is 4.74 Å². The van der Waals surface area contributed by atoms with Gasteiger partial charge in [0.05, 0.1) is 13.2 Å². The predicted molar refractivity (Wildman–Crippen MR) is 67.4 cm³/mol. The standard InChI is InChI=1S/C11H17ClN4O/c12-10-8-11(15-9-14-10)13-2-1-3-16-4-6-17-7-5-16/h8-9H,1-7H2,(H,13,14,15). The maximum Gasteiger partial charge on any atom is 0.134 e. The summed E-state index contributed by atoms with van der Waals surface area (Å²) in [7, 11) is 0. The van der Waals surface area contributed by atoms with Gasteiger partial charge >= 0.3 is 0 Å². The molecule has 0 unspecified atom stereocenters. The maximum absolute atomic E-state index is 5.77. The number of morpholine rings is 1. The molecular weight excluding hydrogens is 240 g/mol. The van der Waals surface area contributed by atoms with Crippen LogP contribution in [0.4, 0.5) is 5.82 Å². The van der Waals surface area contributed by atoms with E-state index < -0.39 is 0 Å². The minimum atomic E-state index is 0.468. The molecule has 1 saturated heterocycles. The van der Waals surface area contributed by atoms with Crippen molar-refractivity contribution in [1.29, 1.82) is 0 Å². The summed E-state index contributed by atoms with van der Waals surface area (Å²) in [6.45, 7) is 5.78. The van der Waals surface area contributed by atoms with Gasteiger partial charge in [0.25, 0.3) is 0 Å². The minimum absolute atomic E-state index is 0.468. The first kappa shape index (κ1) is 12.5. The third kappa shape index (κ3) is 4.46. The lowest BCUT2D eigenvalue weighted by Crippen LogP contribution is -2.37. The second kappa shape index (κ2) is 6.74. The van der Waals surface area contributed by atoms with Gasteiger partial charge in [-0.25, -0.2) is 9.97 Å². The van der Waals surface area contributed by atoms with Gasteiger partial charge in [-0.1, -0.05) is 11.6 Å². The van der Waals surface area contributed by atoms with Crippen molar-refractivity contribution < 1.29 is 4.74 Å². The highest BCUT2D eigenvalue weighted by Gasteiger charge is 2.08. The van der Waals surface area contributed by atoms with Gasteiger partial charge < -0.3 is 10.1 Å². The molecule has 0 aromatic carbocycles. The van der Waals surface area contributed by atoms with E-state index in [2.05, 4.69) is 20.2 Å². The zero-order valence-electron chi connectivity index (χ0n) is 9.73. The predicted octanol–water partition coefficient (Wildman–Crippen LogP) is 1.26. The quantitative estimate of drug-likeness (QED) is 0.635. The molecule has 17 heavy (non-hydrogen) atoms. The van der Waals surface area contributed by atoms with Gasteiger partial charge in [-0.05, 0) is 13.0 Å². The van der Waals surface area contributed by atoms with Crippen LogP contribution in [0, 0.1) is 0 Å². The van der Waals surface area contributed by atoms with Crippen molar-refractivity contribution in [1.82, 2.24) is 14.9 Å². The molecular formula is C11H17ClN4O. The van der Waals surface area contributed by atoms with Crippen LogP contribution in [-0.4, -0.2) is 54.3 Å². The van der Waals surface area contributed by atoms with Gasteiger partial charge in [0, 0.05) is 25.7 Å². The Morgan fingerprint density at radius 1 is 1.35 bits per heavy atom. The number of ether oxygens (including phenoxy) is 1. The largest absolute Gasteiger partial charge is 0.379 e. The average molecular weight is 257 g/mol. The van der Waals surface area contributed by atoms with Gasteiger partial charge in [0.1, 0.15) is 17.3 Å². The van der Waals surface area contributed by atoms with Crippen molar-refractivity contribution >= 4 is 17.4 Å². The number of hydrogen-bond donors (Lipinski definition) is 1. The van der Waals surface area contributed by atoms with Crippen molar-refractivity contribution in [2.75, 3.05) is 44.7 Å². The molecule has 1 N–H and O–H groups in total. The van der Waals surface area contributed by atoms with Crippen LogP contribution in [0.3, 0.4) is 0 Å². The first-order valence-corrected chi connectivity index (χ1v) is 6.24. The molecule has 0 saturated carbocycles. The van der Waals surface area contributed by atoms with Crippen LogP contribution < -0.4 is 5.32 Å². The van der Waals surface area contributed by atoms with E-state index in [0.29, 0.717) is 5.15 Å². The Kier molecular flexibility index (Phi) is 4.97. The highest BCUT2D eigenvalue weighted by Crippen LogP contribution is 2.08. The summed E-state index contributed by atoms with van der Waals surface area (Å²) in [5, 5.41) is 3.70. The summed E-state index contributed by atoms with van der Waals surface area (Å²) in [5.74, 6) is 0.784. The second-order valence-electron chi connectivity index (χ2n) is 3.96. The molecule has 0 atom stereocenters. The molecule has 0 amide bonds. The third-order valence-electron chi connectivity index (χ3n) is 2.69. The molecule has 2 heterocycles. The van der Waals surface area contributed by atoms with E-state index in [0.717, 1.165) is 51.6 Å². The highest BCUT2D eigenvalue weighted by atomic mass is 35.5. The molecule has 5 nitrogen and oxygen atoms in total. The summed E-state index contributed by atoms with van der Waals surface area (Å²) in [6, 6.07) is 1.73. The number of aromatic nitrogens is 2. The van der Waals surface area contributed by atoms with Gasteiger partial charge in [0.15, 0.2) is 0 Å². The Bertz CT molecular complexity index is 344. The van der Waals surface area contributed by atoms with Crippen LogP contribution in [0.5, 0.6) is 0 Å². The zero-order chi connectivity index (χ0) is 11.9. The summed E-state index contributed by atoms with van der Waals surface area (Å²) in [6.07, 6.45) is 2.55. The monoisotopic (exact) mass is 256 g/mol. The van der Waals surface area contributed by atoms with Crippen molar-refractivity contribution in [3.05, 3.63) is 17.5 Å². The second-order valence-corrected chi connectivity index (χ2v) is 4.35. The molecule has 0 radical (unpaired) electrons. The molecule has 0 aliphatic carbocycles. The summed E-state index contributed by atoms with van der Waals surface area (Å²) in [4.78, 5) is 10.3. The van der Waals surface area contributed by atoms with Crippen LogP contribution in [0.25, 0.3) is 0 Å². The Morgan fingerprint density at radius 2 is 2.18 bits per heavy atom.